The molecule has 0 bridgehead atoms. The molecular formula is C23H23N3O3S2. The highest BCUT2D eigenvalue weighted by molar-refractivity contribution is 7.98. The first-order chi connectivity index (χ1) is 15.2. The second-order valence-electron chi connectivity index (χ2n) is 7.59. The molecule has 0 aliphatic carbocycles. The maximum absolute atomic E-state index is 12.1. The Hall–Kier alpha value is -2.42. The van der Waals surface area contributed by atoms with Crippen molar-refractivity contribution in [2.75, 3.05) is 6.61 Å². The van der Waals surface area contributed by atoms with Gasteiger partial charge in [0.15, 0.2) is 11.0 Å². The van der Waals surface area contributed by atoms with E-state index in [1.54, 1.807) is 29.2 Å². The second kappa shape index (κ2) is 8.98. The number of aromatic nitrogens is 3. The second-order valence-corrected chi connectivity index (χ2v) is 9.48. The predicted octanol–water partition coefficient (Wildman–Crippen LogP) is 5.15. The zero-order valence-corrected chi connectivity index (χ0v) is 18.9. The molecule has 1 atom stereocenters. The summed E-state index contributed by atoms with van der Waals surface area (Å²) < 4.78 is 13.5. The van der Waals surface area contributed by atoms with Gasteiger partial charge in [-0.15, -0.1) is 21.5 Å². The molecule has 1 aliphatic heterocycles. The SMILES string of the molecule is CCc1ccc2c(CSc3nnc(-c4cccs4)n3CC3CCCO3)cc(=O)oc2c1. The molecule has 6 nitrogen and oxygen atoms in total. The Kier molecular flexibility index (Phi) is 5.93. The highest BCUT2D eigenvalue weighted by Gasteiger charge is 2.22. The van der Waals surface area contributed by atoms with Crippen molar-refractivity contribution < 1.29 is 9.15 Å². The van der Waals surface area contributed by atoms with E-state index in [4.69, 9.17) is 9.15 Å². The Labute approximate surface area is 188 Å². The van der Waals surface area contributed by atoms with Crippen LogP contribution in [-0.4, -0.2) is 27.5 Å². The number of rotatable bonds is 7. The van der Waals surface area contributed by atoms with Gasteiger partial charge in [-0.05, 0) is 47.9 Å². The van der Waals surface area contributed by atoms with Crippen LogP contribution < -0.4 is 5.63 Å². The molecule has 1 unspecified atom stereocenters. The quantitative estimate of drug-likeness (QED) is 0.285. The van der Waals surface area contributed by atoms with Crippen LogP contribution in [0.25, 0.3) is 21.7 Å². The van der Waals surface area contributed by atoms with Gasteiger partial charge in [-0.25, -0.2) is 4.79 Å². The number of hydrogen-bond donors (Lipinski definition) is 0. The zero-order valence-electron chi connectivity index (χ0n) is 17.2. The van der Waals surface area contributed by atoms with Gasteiger partial charge >= 0.3 is 5.63 Å². The fourth-order valence-corrected chi connectivity index (χ4v) is 5.55. The molecule has 1 saturated heterocycles. The molecule has 4 heterocycles. The number of fused-ring (bicyclic) bond motifs is 1. The third-order valence-corrected chi connectivity index (χ3v) is 7.41. The van der Waals surface area contributed by atoms with Crippen LogP contribution in [-0.2, 0) is 23.5 Å². The summed E-state index contributed by atoms with van der Waals surface area (Å²) in [5, 5.41) is 12.8. The van der Waals surface area contributed by atoms with Crippen LogP contribution in [0.5, 0.6) is 0 Å². The summed E-state index contributed by atoms with van der Waals surface area (Å²) in [7, 11) is 0. The van der Waals surface area contributed by atoms with Crippen molar-refractivity contribution in [2.45, 2.75) is 49.7 Å². The topological polar surface area (TPSA) is 70.2 Å². The molecule has 1 fully saturated rings. The summed E-state index contributed by atoms with van der Waals surface area (Å²) in [5.74, 6) is 1.49. The number of benzene rings is 1. The molecule has 160 valence electrons. The first-order valence-electron chi connectivity index (χ1n) is 10.5. The lowest BCUT2D eigenvalue weighted by Crippen LogP contribution is -2.16. The minimum atomic E-state index is -0.323. The maximum atomic E-state index is 12.1. The van der Waals surface area contributed by atoms with Crippen LogP contribution in [0, 0.1) is 0 Å². The van der Waals surface area contributed by atoms with Gasteiger partial charge in [0.05, 0.1) is 17.5 Å². The average molecular weight is 454 g/mol. The Morgan fingerprint density at radius 1 is 1.26 bits per heavy atom. The van der Waals surface area contributed by atoms with E-state index >= 15 is 0 Å². The fraction of sp³-hybridized carbons (Fsp3) is 0.348. The Morgan fingerprint density at radius 3 is 2.97 bits per heavy atom. The van der Waals surface area contributed by atoms with Gasteiger partial charge in [0, 0.05) is 23.8 Å². The van der Waals surface area contributed by atoms with Crippen molar-refractivity contribution in [1.82, 2.24) is 14.8 Å². The van der Waals surface area contributed by atoms with Crippen molar-refractivity contribution in [1.29, 1.82) is 0 Å². The van der Waals surface area contributed by atoms with Crippen LogP contribution >= 0.6 is 23.1 Å². The highest BCUT2D eigenvalue weighted by Crippen LogP contribution is 2.31. The molecule has 1 aromatic carbocycles. The Morgan fingerprint density at radius 2 is 2.19 bits per heavy atom. The van der Waals surface area contributed by atoms with Gasteiger partial charge in [0.2, 0.25) is 0 Å². The summed E-state index contributed by atoms with van der Waals surface area (Å²) in [4.78, 5) is 13.2. The lowest BCUT2D eigenvalue weighted by Gasteiger charge is -2.14. The highest BCUT2D eigenvalue weighted by atomic mass is 32.2. The monoisotopic (exact) mass is 453 g/mol. The van der Waals surface area contributed by atoms with E-state index in [9.17, 15) is 4.79 Å². The lowest BCUT2D eigenvalue weighted by molar-refractivity contribution is 0.0953. The number of ether oxygens (including phenoxy) is 1. The molecule has 31 heavy (non-hydrogen) atoms. The normalized spacial score (nSPS) is 16.4. The van der Waals surface area contributed by atoms with E-state index in [0.717, 1.165) is 64.8 Å². The summed E-state index contributed by atoms with van der Waals surface area (Å²) >= 11 is 3.25. The van der Waals surface area contributed by atoms with Crippen molar-refractivity contribution in [2.24, 2.45) is 0 Å². The molecule has 0 N–H and O–H groups in total. The fourth-order valence-electron chi connectivity index (χ4n) is 3.90. The number of hydrogen-bond acceptors (Lipinski definition) is 7. The number of nitrogens with zero attached hydrogens (tertiary/aromatic N) is 3. The summed E-state index contributed by atoms with van der Waals surface area (Å²) in [6, 6.07) is 11.8. The van der Waals surface area contributed by atoms with Crippen LogP contribution in [0.1, 0.15) is 30.9 Å². The smallest absolute Gasteiger partial charge is 0.336 e. The molecular weight excluding hydrogens is 430 g/mol. The average Bonchev–Trinajstić information content (AvgIpc) is 3.54. The van der Waals surface area contributed by atoms with Gasteiger partial charge in [-0.2, -0.15) is 0 Å². The van der Waals surface area contributed by atoms with Gasteiger partial charge in [-0.3, -0.25) is 4.57 Å². The van der Waals surface area contributed by atoms with Crippen molar-refractivity contribution in [3.05, 3.63) is 63.3 Å². The number of thioether (sulfide) groups is 1. The molecule has 0 radical (unpaired) electrons. The van der Waals surface area contributed by atoms with Crippen molar-refractivity contribution >= 4 is 34.1 Å². The van der Waals surface area contributed by atoms with E-state index in [1.165, 1.54) is 0 Å². The first kappa shape index (κ1) is 20.5. The molecule has 0 spiro atoms. The van der Waals surface area contributed by atoms with Crippen LogP contribution in [0.2, 0.25) is 0 Å². The van der Waals surface area contributed by atoms with Crippen molar-refractivity contribution in [3.63, 3.8) is 0 Å². The standard InChI is InChI=1S/C23H23N3O3S2/c1-2-15-7-8-18-16(12-21(27)29-19(18)11-15)14-31-23-25-24-22(20-6-4-10-30-20)26(23)13-17-5-3-9-28-17/h4,6-8,10-12,17H,2-3,5,9,13-14H2,1H3. The molecule has 3 aromatic heterocycles. The summed E-state index contributed by atoms with van der Waals surface area (Å²) in [6.45, 7) is 3.64. The molecule has 4 aromatic rings. The Balaban J connectivity index is 1.46. The summed E-state index contributed by atoms with van der Waals surface area (Å²) in [5.41, 5.74) is 2.42. The lowest BCUT2D eigenvalue weighted by atomic mass is 10.1. The van der Waals surface area contributed by atoms with E-state index in [2.05, 4.69) is 33.8 Å². The van der Waals surface area contributed by atoms with E-state index in [1.807, 2.05) is 23.6 Å². The van der Waals surface area contributed by atoms with Crippen LogP contribution in [0.4, 0.5) is 0 Å². The van der Waals surface area contributed by atoms with Gasteiger partial charge in [0.25, 0.3) is 0 Å². The number of thiophene rings is 1. The molecule has 1 aliphatic rings. The third kappa shape index (κ3) is 4.33. The summed E-state index contributed by atoms with van der Waals surface area (Å²) in [6.07, 6.45) is 3.23. The largest absolute Gasteiger partial charge is 0.423 e. The van der Waals surface area contributed by atoms with Crippen LogP contribution in [0.3, 0.4) is 0 Å². The van der Waals surface area contributed by atoms with E-state index in [0.29, 0.717) is 11.3 Å². The van der Waals surface area contributed by atoms with Gasteiger partial charge in [0.1, 0.15) is 5.58 Å². The maximum Gasteiger partial charge on any atom is 0.336 e. The van der Waals surface area contributed by atoms with Crippen molar-refractivity contribution in [3.8, 4) is 10.7 Å². The molecule has 5 rings (SSSR count). The van der Waals surface area contributed by atoms with Crippen LogP contribution in [0.15, 0.2) is 56.1 Å². The first-order valence-corrected chi connectivity index (χ1v) is 12.3. The van der Waals surface area contributed by atoms with E-state index in [-0.39, 0.29) is 11.7 Å². The molecule has 0 amide bonds. The minimum absolute atomic E-state index is 0.186. The van der Waals surface area contributed by atoms with Gasteiger partial charge < -0.3 is 9.15 Å². The van der Waals surface area contributed by atoms with E-state index < -0.39 is 0 Å². The predicted molar refractivity (Wildman–Crippen MR) is 124 cm³/mol. The minimum Gasteiger partial charge on any atom is -0.423 e. The molecule has 0 saturated carbocycles. The molecule has 8 heteroatoms. The van der Waals surface area contributed by atoms with Gasteiger partial charge in [-0.1, -0.05) is 36.9 Å². The zero-order chi connectivity index (χ0) is 21.2. The number of aryl methyl sites for hydroxylation is 1. The Bertz CT molecular complexity index is 1240. The third-order valence-electron chi connectivity index (χ3n) is 5.53.